The van der Waals surface area contributed by atoms with Crippen LogP contribution in [0.5, 0.6) is 0 Å². The first-order valence-electron chi connectivity index (χ1n) is 4.20. The second-order valence-corrected chi connectivity index (χ2v) is 4.01. The van der Waals surface area contributed by atoms with E-state index in [2.05, 4.69) is 16.8 Å². The van der Waals surface area contributed by atoms with Gasteiger partial charge in [0.1, 0.15) is 0 Å². The Morgan fingerprint density at radius 1 is 1.75 bits per heavy atom. The molecule has 0 saturated carbocycles. The van der Waals surface area contributed by atoms with Crippen LogP contribution in [-0.2, 0) is 11.2 Å². The summed E-state index contributed by atoms with van der Waals surface area (Å²) < 4.78 is 5.15. The second-order valence-electron chi connectivity index (χ2n) is 3.01. The third kappa shape index (κ3) is 1.40. The van der Waals surface area contributed by atoms with Gasteiger partial charge >= 0.3 is 0 Å². The highest BCUT2D eigenvalue weighted by Crippen LogP contribution is 2.27. The van der Waals surface area contributed by atoms with Crippen LogP contribution in [0.4, 0.5) is 0 Å². The smallest absolute Gasteiger partial charge is 0.0658 e. The Bertz CT molecular complexity index is 259. The van der Waals surface area contributed by atoms with Gasteiger partial charge in [0.2, 0.25) is 0 Å². The van der Waals surface area contributed by atoms with Crippen molar-refractivity contribution in [2.75, 3.05) is 20.3 Å². The molecule has 2 nitrogen and oxygen atoms in total. The molecular formula is C9H13NOS. The van der Waals surface area contributed by atoms with Crippen LogP contribution in [0.3, 0.4) is 0 Å². The first-order chi connectivity index (χ1) is 5.92. The van der Waals surface area contributed by atoms with Gasteiger partial charge in [-0.05, 0) is 23.4 Å². The summed E-state index contributed by atoms with van der Waals surface area (Å²) in [4.78, 5) is 1.52. The van der Waals surface area contributed by atoms with Gasteiger partial charge in [-0.25, -0.2) is 0 Å². The largest absolute Gasteiger partial charge is 0.383 e. The average molecular weight is 183 g/mol. The molecule has 0 spiro atoms. The minimum atomic E-state index is 0.421. The van der Waals surface area contributed by atoms with Crippen molar-refractivity contribution < 1.29 is 4.74 Å². The summed E-state index contributed by atoms with van der Waals surface area (Å²) in [5.74, 6) is 0. The van der Waals surface area contributed by atoms with E-state index in [0.29, 0.717) is 6.04 Å². The molecule has 1 aromatic rings. The highest BCUT2D eigenvalue weighted by molar-refractivity contribution is 7.10. The number of hydrogen-bond donors (Lipinski definition) is 1. The maximum atomic E-state index is 5.15. The van der Waals surface area contributed by atoms with Gasteiger partial charge in [-0.15, -0.1) is 11.3 Å². The summed E-state index contributed by atoms with van der Waals surface area (Å²) >= 11 is 1.86. The summed E-state index contributed by atoms with van der Waals surface area (Å²) in [5.41, 5.74) is 1.44. The lowest BCUT2D eigenvalue weighted by molar-refractivity contribution is 0.165. The van der Waals surface area contributed by atoms with Crippen molar-refractivity contribution in [3.63, 3.8) is 0 Å². The third-order valence-corrected chi connectivity index (χ3v) is 3.23. The molecule has 0 amide bonds. The van der Waals surface area contributed by atoms with E-state index < -0.39 is 0 Å². The van der Waals surface area contributed by atoms with Crippen LogP contribution in [-0.4, -0.2) is 20.3 Å². The first-order valence-corrected chi connectivity index (χ1v) is 5.08. The molecule has 12 heavy (non-hydrogen) atoms. The maximum Gasteiger partial charge on any atom is 0.0658 e. The van der Waals surface area contributed by atoms with Gasteiger partial charge in [0.05, 0.1) is 12.6 Å². The molecule has 0 saturated heterocycles. The van der Waals surface area contributed by atoms with Crippen molar-refractivity contribution in [1.29, 1.82) is 0 Å². The van der Waals surface area contributed by atoms with E-state index in [1.54, 1.807) is 7.11 Å². The molecule has 1 atom stereocenters. The molecule has 1 aromatic heterocycles. The Morgan fingerprint density at radius 3 is 3.50 bits per heavy atom. The zero-order valence-electron chi connectivity index (χ0n) is 7.17. The van der Waals surface area contributed by atoms with Crippen molar-refractivity contribution >= 4 is 11.3 Å². The van der Waals surface area contributed by atoms with Gasteiger partial charge in [-0.3, -0.25) is 0 Å². The molecule has 0 radical (unpaired) electrons. The molecule has 0 fully saturated rings. The Balaban J connectivity index is 2.19. The lowest BCUT2D eigenvalue weighted by Gasteiger charge is -2.23. The number of nitrogens with one attached hydrogen (secondary N) is 1. The van der Waals surface area contributed by atoms with E-state index in [-0.39, 0.29) is 0 Å². The van der Waals surface area contributed by atoms with Crippen LogP contribution in [0.25, 0.3) is 0 Å². The van der Waals surface area contributed by atoms with Crippen LogP contribution in [0.15, 0.2) is 11.4 Å². The number of methoxy groups -OCH3 is 1. The maximum absolute atomic E-state index is 5.15. The number of hydrogen-bond acceptors (Lipinski definition) is 3. The molecule has 1 aliphatic rings. The monoisotopic (exact) mass is 183 g/mol. The summed E-state index contributed by atoms with van der Waals surface area (Å²) in [6.07, 6.45) is 1.17. The van der Waals surface area contributed by atoms with E-state index >= 15 is 0 Å². The molecule has 0 unspecified atom stereocenters. The van der Waals surface area contributed by atoms with Crippen LogP contribution < -0.4 is 5.32 Å². The zero-order valence-corrected chi connectivity index (χ0v) is 7.99. The van der Waals surface area contributed by atoms with E-state index in [0.717, 1.165) is 13.2 Å². The van der Waals surface area contributed by atoms with Gasteiger partial charge in [-0.2, -0.15) is 0 Å². The van der Waals surface area contributed by atoms with Crippen LogP contribution in [0.2, 0.25) is 0 Å². The van der Waals surface area contributed by atoms with E-state index in [1.807, 2.05) is 11.3 Å². The lowest BCUT2D eigenvalue weighted by Crippen LogP contribution is -2.31. The average Bonchev–Trinajstić information content (AvgIpc) is 2.53. The molecule has 1 aliphatic heterocycles. The lowest BCUT2D eigenvalue weighted by atomic mass is 10.0. The molecule has 2 rings (SSSR count). The molecule has 0 bridgehead atoms. The van der Waals surface area contributed by atoms with Crippen LogP contribution in [0.1, 0.15) is 16.5 Å². The Kier molecular flexibility index (Phi) is 2.44. The molecule has 66 valence electrons. The fraction of sp³-hybridized carbons (Fsp3) is 0.556. The fourth-order valence-corrected chi connectivity index (χ4v) is 2.59. The SMILES string of the molecule is COC[C@H]1NCCc2sccc21. The number of fused-ring (bicyclic) bond motifs is 1. The van der Waals surface area contributed by atoms with E-state index in [1.165, 1.54) is 16.9 Å². The van der Waals surface area contributed by atoms with Crippen molar-refractivity contribution in [1.82, 2.24) is 5.32 Å². The van der Waals surface area contributed by atoms with Gasteiger partial charge in [-0.1, -0.05) is 0 Å². The number of ether oxygens (including phenoxy) is 1. The molecule has 2 heterocycles. The topological polar surface area (TPSA) is 21.3 Å². The highest BCUT2D eigenvalue weighted by Gasteiger charge is 2.19. The van der Waals surface area contributed by atoms with Crippen molar-refractivity contribution in [2.45, 2.75) is 12.5 Å². The third-order valence-electron chi connectivity index (χ3n) is 2.23. The summed E-state index contributed by atoms with van der Waals surface area (Å²) in [5, 5.41) is 5.61. The van der Waals surface area contributed by atoms with Gasteiger partial charge in [0.15, 0.2) is 0 Å². The predicted molar refractivity (Wildman–Crippen MR) is 50.6 cm³/mol. The van der Waals surface area contributed by atoms with Gasteiger partial charge in [0.25, 0.3) is 0 Å². The van der Waals surface area contributed by atoms with E-state index in [4.69, 9.17) is 4.74 Å². The van der Waals surface area contributed by atoms with E-state index in [9.17, 15) is 0 Å². The minimum absolute atomic E-state index is 0.421. The fourth-order valence-electron chi connectivity index (χ4n) is 1.65. The Morgan fingerprint density at radius 2 is 2.67 bits per heavy atom. The van der Waals surface area contributed by atoms with Crippen molar-refractivity contribution in [3.8, 4) is 0 Å². The van der Waals surface area contributed by atoms with Gasteiger partial charge < -0.3 is 10.1 Å². The Hall–Kier alpha value is -0.380. The standard InChI is InChI=1S/C9H13NOS/c1-11-6-8-7-3-5-12-9(7)2-4-10-8/h3,5,8,10H,2,4,6H2,1H3/t8-/m1/s1. The van der Waals surface area contributed by atoms with Crippen molar-refractivity contribution in [2.24, 2.45) is 0 Å². The molecule has 1 N–H and O–H groups in total. The second kappa shape index (κ2) is 3.56. The molecular weight excluding hydrogens is 170 g/mol. The Labute approximate surface area is 76.6 Å². The minimum Gasteiger partial charge on any atom is -0.383 e. The summed E-state index contributed by atoms with van der Waals surface area (Å²) in [6.45, 7) is 1.87. The van der Waals surface area contributed by atoms with Crippen molar-refractivity contribution in [3.05, 3.63) is 21.9 Å². The molecule has 3 heteroatoms. The normalized spacial score (nSPS) is 22.2. The first kappa shape index (κ1) is 8.23. The zero-order chi connectivity index (χ0) is 8.39. The molecule has 0 aromatic carbocycles. The molecule has 0 aliphatic carbocycles. The summed E-state index contributed by atoms with van der Waals surface area (Å²) in [6, 6.07) is 2.63. The van der Waals surface area contributed by atoms with Crippen LogP contribution in [0, 0.1) is 0 Å². The quantitative estimate of drug-likeness (QED) is 0.751. The summed E-state index contributed by atoms with van der Waals surface area (Å²) in [7, 11) is 1.75. The van der Waals surface area contributed by atoms with Gasteiger partial charge in [0, 0.05) is 18.5 Å². The number of rotatable bonds is 2. The van der Waals surface area contributed by atoms with Crippen LogP contribution >= 0.6 is 11.3 Å². The highest BCUT2D eigenvalue weighted by atomic mass is 32.1. The number of thiophene rings is 1. The predicted octanol–water partition coefficient (Wildman–Crippen LogP) is 1.58.